The zero-order valence-electron chi connectivity index (χ0n) is 24.0. The van der Waals surface area contributed by atoms with Gasteiger partial charge in [-0.05, 0) is 37.5 Å². The van der Waals surface area contributed by atoms with Crippen molar-refractivity contribution in [1.29, 1.82) is 0 Å². The van der Waals surface area contributed by atoms with Crippen LogP contribution in [0.1, 0.15) is 37.5 Å². The normalized spacial score (nSPS) is 13.1. The fourth-order valence-corrected chi connectivity index (χ4v) is 4.25. The number of amides is 4. The molecule has 0 bridgehead atoms. The number of ether oxygens (including phenoxy) is 1. The fraction of sp³-hybridized carbons (Fsp3) is 0.312. The van der Waals surface area contributed by atoms with E-state index >= 15 is 0 Å². The minimum atomic E-state index is -1.11. The SMILES string of the molecule is CC(C)(C)OC(=O)N[C@@H](Cc1ccccc1)C(=O)N[C@@H](Cc1ccccc1)C(=O)N[C@@H](Cc1ccccc1)C(=O)NO. The van der Waals surface area contributed by atoms with Gasteiger partial charge in [0, 0.05) is 19.3 Å². The molecule has 10 heteroatoms. The average molecular weight is 575 g/mol. The van der Waals surface area contributed by atoms with Crippen LogP contribution in [0.5, 0.6) is 0 Å². The van der Waals surface area contributed by atoms with Crippen LogP contribution < -0.4 is 21.4 Å². The van der Waals surface area contributed by atoms with E-state index in [9.17, 15) is 24.4 Å². The molecule has 3 atom stereocenters. The number of rotatable bonds is 12. The molecule has 3 aromatic carbocycles. The quantitative estimate of drug-likeness (QED) is 0.166. The highest BCUT2D eigenvalue weighted by Crippen LogP contribution is 2.11. The van der Waals surface area contributed by atoms with Crippen molar-refractivity contribution in [3.05, 3.63) is 108 Å². The smallest absolute Gasteiger partial charge is 0.408 e. The lowest BCUT2D eigenvalue weighted by atomic mass is 10.0. The number of hydrogen-bond donors (Lipinski definition) is 5. The molecule has 0 aliphatic heterocycles. The van der Waals surface area contributed by atoms with Gasteiger partial charge in [0.15, 0.2) is 0 Å². The molecule has 0 spiro atoms. The Labute approximate surface area is 245 Å². The van der Waals surface area contributed by atoms with Gasteiger partial charge in [-0.25, -0.2) is 10.3 Å². The number of carbonyl (C=O) groups excluding carboxylic acids is 4. The van der Waals surface area contributed by atoms with Crippen LogP contribution in [0.25, 0.3) is 0 Å². The summed E-state index contributed by atoms with van der Waals surface area (Å²) in [4.78, 5) is 52.4. The molecular formula is C32H38N4O6. The van der Waals surface area contributed by atoms with Gasteiger partial charge in [-0.1, -0.05) is 91.0 Å². The molecule has 0 aliphatic carbocycles. The average Bonchev–Trinajstić information content (AvgIpc) is 2.96. The second-order valence-electron chi connectivity index (χ2n) is 10.9. The fourth-order valence-electron chi connectivity index (χ4n) is 4.25. The zero-order valence-corrected chi connectivity index (χ0v) is 24.0. The molecule has 5 N–H and O–H groups in total. The number of hydroxylamine groups is 1. The Bertz CT molecular complexity index is 1310. The largest absolute Gasteiger partial charge is 0.444 e. The van der Waals surface area contributed by atoms with Crippen LogP contribution in [0, 0.1) is 0 Å². The summed E-state index contributed by atoms with van der Waals surface area (Å²) in [5.74, 6) is -2.04. The van der Waals surface area contributed by atoms with Gasteiger partial charge in [0.25, 0.3) is 5.91 Å². The molecule has 0 unspecified atom stereocenters. The van der Waals surface area contributed by atoms with Crippen molar-refractivity contribution in [2.75, 3.05) is 0 Å². The van der Waals surface area contributed by atoms with E-state index in [1.807, 2.05) is 66.7 Å². The van der Waals surface area contributed by atoms with Gasteiger partial charge in [0.05, 0.1) is 0 Å². The van der Waals surface area contributed by atoms with Gasteiger partial charge >= 0.3 is 6.09 Å². The third-order valence-electron chi connectivity index (χ3n) is 6.23. The van der Waals surface area contributed by atoms with Crippen LogP contribution >= 0.6 is 0 Å². The van der Waals surface area contributed by atoms with Crippen LogP contribution in [0.4, 0.5) is 4.79 Å². The maximum absolute atomic E-state index is 13.6. The molecule has 0 aromatic heterocycles. The molecule has 0 heterocycles. The van der Waals surface area contributed by atoms with E-state index in [4.69, 9.17) is 4.74 Å². The van der Waals surface area contributed by atoms with Gasteiger partial charge in [-0.15, -0.1) is 0 Å². The number of nitrogens with one attached hydrogen (secondary N) is 4. The predicted octanol–water partition coefficient (Wildman–Crippen LogP) is 3.08. The second kappa shape index (κ2) is 15.3. The molecule has 0 fully saturated rings. The summed E-state index contributed by atoms with van der Waals surface area (Å²) in [5, 5.41) is 17.4. The van der Waals surface area contributed by atoms with Gasteiger partial charge in [-0.2, -0.15) is 0 Å². The van der Waals surface area contributed by atoms with E-state index in [0.717, 1.165) is 16.7 Å². The maximum atomic E-state index is 13.6. The molecule has 42 heavy (non-hydrogen) atoms. The summed E-state index contributed by atoms with van der Waals surface area (Å²) >= 11 is 0. The molecule has 0 aliphatic rings. The first-order valence-corrected chi connectivity index (χ1v) is 13.7. The van der Waals surface area contributed by atoms with Crippen molar-refractivity contribution >= 4 is 23.8 Å². The standard InChI is InChI=1S/C32H38N4O6/c1-32(2,3)42-31(40)35-26(20-23-15-9-5-10-16-23)29(38)33-25(19-22-13-7-4-8-14-22)28(37)34-27(30(39)36-41)21-24-17-11-6-12-18-24/h4-18,25-27,41H,19-21H2,1-3H3,(H,33,38)(H,34,37)(H,35,40)(H,36,39)/t25-,26-,27-/m0/s1. The monoisotopic (exact) mass is 574 g/mol. The molecule has 3 aromatic rings. The number of benzene rings is 3. The Morgan fingerprint density at radius 3 is 1.26 bits per heavy atom. The van der Waals surface area contributed by atoms with Crippen molar-refractivity contribution < 1.29 is 29.1 Å². The first-order valence-electron chi connectivity index (χ1n) is 13.7. The Kier molecular flexibility index (Phi) is 11.6. The predicted molar refractivity (Wildman–Crippen MR) is 157 cm³/mol. The van der Waals surface area contributed by atoms with Crippen LogP contribution in [-0.2, 0) is 38.4 Å². The first-order chi connectivity index (χ1) is 20.0. The van der Waals surface area contributed by atoms with E-state index in [1.165, 1.54) is 0 Å². The highest BCUT2D eigenvalue weighted by Gasteiger charge is 2.31. The Morgan fingerprint density at radius 1 is 0.595 bits per heavy atom. The zero-order chi connectivity index (χ0) is 30.5. The van der Waals surface area contributed by atoms with Crippen LogP contribution in [0.15, 0.2) is 91.0 Å². The molecule has 4 amide bonds. The van der Waals surface area contributed by atoms with Crippen LogP contribution in [0.2, 0.25) is 0 Å². The summed E-state index contributed by atoms with van der Waals surface area (Å²) in [6.07, 6.45) is -0.399. The van der Waals surface area contributed by atoms with Crippen LogP contribution in [0.3, 0.4) is 0 Å². The lowest BCUT2D eigenvalue weighted by molar-refractivity contribution is -0.136. The molecule has 0 radical (unpaired) electrons. The highest BCUT2D eigenvalue weighted by molar-refractivity contribution is 5.94. The van der Waals surface area contributed by atoms with Gasteiger partial charge in [-0.3, -0.25) is 19.6 Å². The van der Waals surface area contributed by atoms with E-state index in [1.54, 1.807) is 50.5 Å². The lowest BCUT2D eigenvalue weighted by Gasteiger charge is -2.26. The summed E-state index contributed by atoms with van der Waals surface area (Å²) in [6.45, 7) is 5.15. The summed E-state index contributed by atoms with van der Waals surface area (Å²) in [6, 6.07) is 24.0. The third-order valence-corrected chi connectivity index (χ3v) is 6.23. The minimum absolute atomic E-state index is 0.113. The summed E-state index contributed by atoms with van der Waals surface area (Å²) < 4.78 is 5.37. The minimum Gasteiger partial charge on any atom is -0.444 e. The molecular weight excluding hydrogens is 536 g/mol. The summed E-state index contributed by atoms with van der Waals surface area (Å²) in [5.41, 5.74) is 3.14. The number of hydrogen-bond acceptors (Lipinski definition) is 6. The summed E-state index contributed by atoms with van der Waals surface area (Å²) in [7, 11) is 0. The van der Waals surface area contributed by atoms with E-state index < -0.39 is 47.5 Å². The molecule has 10 nitrogen and oxygen atoms in total. The van der Waals surface area contributed by atoms with E-state index in [2.05, 4.69) is 16.0 Å². The molecule has 222 valence electrons. The number of carbonyl (C=O) groups is 4. The third kappa shape index (κ3) is 10.7. The van der Waals surface area contributed by atoms with Crippen molar-refractivity contribution in [3.63, 3.8) is 0 Å². The lowest BCUT2D eigenvalue weighted by Crippen LogP contribution is -2.58. The van der Waals surface area contributed by atoms with Crippen molar-refractivity contribution in [2.45, 2.75) is 63.8 Å². The van der Waals surface area contributed by atoms with Crippen molar-refractivity contribution in [3.8, 4) is 0 Å². The van der Waals surface area contributed by atoms with E-state index in [0.29, 0.717) is 0 Å². The molecule has 0 saturated carbocycles. The Hall–Kier alpha value is -4.70. The van der Waals surface area contributed by atoms with Crippen molar-refractivity contribution in [2.24, 2.45) is 0 Å². The maximum Gasteiger partial charge on any atom is 0.408 e. The highest BCUT2D eigenvalue weighted by atomic mass is 16.6. The number of alkyl carbamates (subject to hydrolysis) is 1. The van der Waals surface area contributed by atoms with Gasteiger partial charge in [0.1, 0.15) is 23.7 Å². The van der Waals surface area contributed by atoms with Gasteiger partial charge in [0.2, 0.25) is 11.8 Å². The van der Waals surface area contributed by atoms with Crippen LogP contribution in [-0.4, -0.2) is 52.7 Å². The van der Waals surface area contributed by atoms with E-state index in [-0.39, 0.29) is 19.3 Å². The topological polar surface area (TPSA) is 146 Å². The Morgan fingerprint density at radius 2 is 0.929 bits per heavy atom. The van der Waals surface area contributed by atoms with Crippen molar-refractivity contribution in [1.82, 2.24) is 21.4 Å². The molecule has 3 rings (SSSR count). The first kappa shape index (κ1) is 31.8. The second-order valence-corrected chi connectivity index (χ2v) is 10.9. The van der Waals surface area contributed by atoms with Gasteiger partial charge < -0.3 is 20.7 Å². The molecule has 0 saturated heterocycles. The Balaban J connectivity index is 1.84.